The van der Waals surface area contributed by atoms with Gasteiger partial charge in [0.2, 0.25) is 12.0 Å². The Morgan fingerprint density at radius 1 is 0.938 bits per heavy atom. The Balaban J connectivity index is 1.15. The van der Waals surface area contributed by atoms with Gasteiger partial charge in [0.25, 0.3) is 0 Å². The minimum Gasteiger partial charge on any atom is -0.496 e. The van der Waals surface area contributed by atoms with E-state index in [0.29, 0.717) is 83.6 Å². The van der Waals surface area contributed by atoms with Crippen LogP contribution in [0.4, 0.5) is 0 Å². The zero-order chi connectivity index (χ0) is 44.5. The van der Waals surface area contributed by atoms with E-state index in [0.717, 1.165) is 47.2 Å². The van der Waals surface area contributed by atoms with Gasteiger partial charge >= 0.3 is 5.97 Å². The first-order chi connectivity index (χ1) is 31.1. The predicted octanol–water partition coefficient (Wildman–Crippen LogP) is 8.91. The first-order valence-corrected chi connectivity index (χ1v) is 23.0. The molecule has 14 nitrogen and oxygen atoms in total. The zero-order valence-electron chi connectivity index (χ0n) is 35.3. The van der Waals surface area contributed by atoms with Crippen molar-refractivity contribution >= 4 is 62.1 Å². The average Bonchev–Trinajstić information content (AvgIpc) is 3.98. The Hall–Kier alpha value is -5.62. The molecule has 64 heavy (non-hydrogen) atoms. The van der Waals surface area contributed by atoms with Gasteiger partial charge in [-0.05, 0) is 74.0 Å². The van der Waals surface area contributed by atoms with Gasteiger partial charge in [0, 0.05) is 68.0 Å². The Kier molecular flexibility index (Phi) is 12.8. The second-order valence-electron chi connectivity index (χ2n) is 15.5. The molecular weight excluding hydrogens is 898 g/mol. The van der Waals surface area contributed by atoms with E-state index in [1.807, 2.05) is 43.5 Å². The highest BCUT2D eigenvalue weighted by Crippen LogP contribution is 2.53. The highest BCUT2D eigenvalue weighted by atomic mass is 35.5. The number of likely N-dealkylation sites (N-methyl/N-ethyl adjacent to an activating group) is 1. The van der Waals surface area contributed by atoms with Crippen molar-refractivity contribution in [1.82, 2.24) is 34.7 Å². The maximum absolute atomic E-state index is 13.3. The number of nitrogens with zero attached hydrogens (tertiary/aromatic N) is 7. The summed E-state index contributed by atoms with van der Waals surface area (Å²) in [4.78, 5) is 42.4. The number of thiophene rings is 1. The molecule has 1 fully saturated rings. The van der Waals surface area contributed by atoms with Gasteiger partial charge in [-0.15, -0.1) is 22.7 Å². The lowest BCUT2D eigenvalue weighted by Crippen LogP contribution is -2.49. The van der Waals surface area contributed by atoms with Crippen LogP contribution in [0.25, 0.3) is 42.6 Å². The summed E-state index contributed by atoms with van der Waals surface area (Å²) in [6.07, 6.45) is 2.71. The molecule has 0 radical (unpaired) electrons. The van der Waals surface area contributed by atoms with Crippen LogP contribution >= 0.6 is 45.9 Å². The van der Waals surface area contributed by atoms with Crippen molar-refractivity contribution in [2.45, 2.75) is 39.1 Å². The normalized spacial score (nSPS) is 17.0. The van der Waals surface area contributed by atoms with Crippen molar-refractivity contribution in [2.75, 3.05) is 53.5 Å². The number of carboxylic acid groups (broad SMARTS) is 1. The third kappa shape index (κ3) is 8.90. The fourth-order valence-corrected chi connectivity index (χ4v) is 10.4. The Morgan fingerprint density at radius 2 is 1.73 bits per heavy atom. The van der Waals surface area contributed by atoms with Gasteiger partial charge in [0.1, 0.15) is 52.7 Å². The number of rotatable bonds is 9. The number of hydrogen-bond acceptors (Lipinski definition) is 15. The van der Waals surface area contributed by atoms with Gasteiger partial charge in [-0.1, -0.05) is 35.3 Å². The van der Waals surface area contributed by atoms with E-state index in [1.165, 1.54) is 29.0 Å². The number of hydrogen-bond donors (Lipinski definition) is 1. The number of carboxylic acids is 1. The largest absolute Gasteiger partial charge is 0.496 e. The van der Waals surface area contributed by atoms with Crippen LogP contribution in [0.1, 0.15) is 22.4 Å². The minimum atomic E-state index is -1.43. The van der Waals surface area contributed by atoms with Crippen molar-refractivity contribution in [2.24, 2.45) is 0 Å². The van der Waals surface area contributed by atoms with E-state index in [4.69, 9.17) is 51.9 Å². The van der Waals surface area contributed by atoms with Crippen molar-refractivity contribution in [3.63, 3.8) is 0 Å². The Labute approximate surface area is 387 Å². The predicted molar refractivity (Wildman–Crippen MR) is 248 cm³/mol. The molecule has 2 atom stereocenters. The van der Waals surface area contributed by atoms with Crippen LogP contribution in [0, 0.1) is 13.8 Å². The van der Waals surface area contributed by atoms with Gasteiger partial charge in [-0.25, -0.2) is 29.7 Å². The van der Waals surface area contributed by atoms with E-state index >= 15 is 0 Å². The number of piperazine rings is 1. The molecule has 0 saturated carbocycles. The first kappa shape index (κ1) is 43.6. The Morgan fingerprint density at radius 3 is 2.48 bits per heavy atom. The maximum Gasteiger partial charge on any atom is 0.345 e. The summed E-state index contributed by atoms with van der Waals surface area (Å²) in [5, 5.41) is 14.7. The molecule has 0 aliphatic carbocycles. The maximum atomic E-state index is 13.3. The topological polar surface area (TPSA) is 154 Å². The molecule has 18 heteroatoms. The third-order valence-electron chi connectivity index (χ3n) is 11.3. The highest BCUT2D eigenvalue weighted by Gasteiger charge is 2.32. The third-order valence-corrected chi connectivity index (χ3v) is 14.3. The zero-order valence-corrected chi connectivity index (χ0v) is 38.5. The number of fused-ring (bicyclic) bond motifs is 7. The molecule has 1 N–H and O–H groups in total. The molecule has 4 bridgehead atoms. The smallest absolute Gasteiger partial charge is 0.345 e. The van der Waals surface area contributed by atoms with E-state index < -0.39 is 18.2 Å². The molecule has 0 amide bonds. The molecule has 330 valence electrons. The number of aromatic nitrogens is 5. The summed E-state index contributed by atoms with van der Waals surface area (Å²) in [7, 11) is 3.71. The van der Waals surface area contributed by atoms with Crippen molar-refractivity contribution in [3.05, 3.63) is 105 Å². The van der Waals surface area contributed by atoms with E-state index in [2.05, 4.69) is 36.8 Å². The van der Waals surface area contributed by atoms with Crippen LogP contribution in [0.15, 0.2) is 72.6 Å². The monoisotopic (exact) mass is 939 g/mol. The van der Waals surface area contributed by atoms with Gasteiger partial charge in [0.05, 0.1) is 38.7 Å². The van der Waals surface area contributed by atoms with Gasteiger partial charge in [-0.3, -0.25) is 4.90 Å². The van der Waals surface area contributed by atoms with Gasteiger partial charge in [0.15, 0.2) is 11.6 Å². The standard InChI is InChI=1S/C46H43Cl2N7O7S2/c1-25-35-26(2)39(48)40(38(25)47)61-30(21-55-16-14-54(3)15-17-55)23-59-29-9-10-32(60-22-28-11-12-49-42(53-28)31-7-5-6-8-33(31)58-4)27(19-29)20-34(46(56)57)62-43-37-36(35)41(45-50-13-18-63-45)64-44(37)52-24-51-43/h5-13,18-19,24,30,34H,14-17,20-23H2,1-4H3,(H,56,57)/t30-,34-/m1/s1. The Bertz CT molecular complexity index is 2810. The molecule has 1 saturated heterocycles. The average molecular weight is 941 g/mol. The lowest BCUT2D eigenvalue weighted by molar-refractivity contribution is -0.145. The van der Waals surface area contributed by atoms with Gasteiger partial charge < -0.3 is 33.7 Å². The summed E-state index contributed by atoms with van der Waals surface area (Å²) in [5.41, 5.74) is 4.68. The number of para-hydroxylation sites is 1. The molecule has 10 rings (SSSR count). The quantitative estimate of drug-likeness (QED) is 0.147. The molecule has 4 aromatic heterocycles. The van der Waals surface area contributed by atoms with Crippen LogP contribution in [0.3, 0.4) is 0 Å². The summed E-state index contributed by atoms with van der Waals surface area (Å²) < 4.78 is 31.8. The lowest BCUT2D eigenvalue weighted by atomic mass is 9.93. The molecule has 0 unspecified atom stereocenters. The molecule has 0 spiro atoms. The number of ether oxygens (including phenoxy) is 5. The summed E-state index contributed by atoms with van der Waals surface area (Å²) in [5.74, 6) is 1.23. The SMILES string of the molecule is COc1ccccc1-c1nccc(COc2ccc3cc2C[C@H](C(=O)O)Oc2ncnc4sc(-c5nccs5)c(c24)-c2c(C)c(Cl)c(c(Cl)c2C)O[C@H](CN2CCN(C)CC2)CO3)n1. The fraction of sp³-hybridized carbons (Fsp3) is 0.304. The molecule has 3 aromatic carbocycles. The number of methoxy groups -OCH3 is 1. The van der Waals surface area contributed by atoms with E-state index in [1.54, 1.807) is 43.8 Å². The highest BCUT2D eigenvalue weighted by molar-refractivity contribution is 7.26. The van der Waals surface area contributed by atoms with E-state index in [-0.39, 0.29) is 25.5 Å². The first-order valence-electron chi connectivity index (χ1n) is 20.5. The number of halogens is 2. The minimum absolute atomic E-state index is 0.0547. The molecule has 3 aliphatic heterocycles. The lowest BCUT2D eigenvalue weighted by Gasteiger charge is -2.35. The van der Waals surface area contributed by atoms with Crippen LogP contribution < -0.4 is 23.7 Å². The number of aliphatic carboxylic acids is 1. The summed E-state index contributed by atoms with van der Waals surface area (Å²) in [6.45, 7) is 8.10. The second kappa shape index (κ2) is 18.8. The fourth-order valence-electron chi connectivity index (χ4n) is 7.98. The molecule has 7 aromatic rings. The van der Waals surface area contributed by atoms with Crippen LogP contribution in [0.2, 0.25) is 10.0 Å². The van der Waals surface area contributed by atoms with E-state index in [9.17, 15) is 9.90 Å². The van der Waals surface area contributed by atoms with Crippen molar-refractivity contribution in [1.29, 1.82) is 0 Å². The number of carbonyl (C=O) groups is 1. The number of thiazole rings is 1. The van der Waals surface area contributed by atoms with Crippen LogP contribution in [-0.2, 0) is 17.8 Å². The van der Waals surface area contributed by atoms with Crippen LogP contribution in [0.5, 0.6) is 28.9 Å². The summed E-state index contributed by atoms with van der Waals surface area (Å²) in [6, 6.07) is 14.6. The molecular formula is C46H43Cl2N7O7S2. The molecule has 3 aliphatic rings. The van der Waals surface area contributed by atoms with Crippen molar-refractivity contribution in [3.8, 4) is 61.3 Å². The second-order valence-corrected chi connectivity index (χ2v) is 18.2. The van der Waals surface area contributed by atoms with Crippen LogP contribution in [-0.4, -0.2) is 111 Å². The summed E-state index contributed by atoms with van der Waals surface area (Å²) >= 11 is 17.5. The van der Waals surface area contributed by atoms with Crippen molar-refractivity contribution < 1.29 is 33.6 Å². The van der Waals surface area contributed by atoms with Gasteiger partial charge in [-0.2, -0.15) is 0 Å². The molecule has 7 heterocycles. The number of benzene rings is 3.